The topological polar surface area (TPSA) is 65.7 Å². The maximum Gasteiger partial charge on any atom is 0.573 e. The van der Waals surface area contributed by atoms with E-state index in [0.29, 0.717) is 0 Å². The number of pyridine rings is 1. The maximum absolute atomic E-state index is 13.7. The summed E-state index contributed by atoms with van der Waals surface area (Å²) in [5.74, 6) is -7.73. The van der Waals surface area contributed by atoms with Crippen molar-refractivity contribution in [3.8, 4) is 11.4 Å². The number of aromatic nitrogens is 5. The first kappa shape index (κ1) is 18.9. The van der Waals surface area contributed by atoms with Crippen LogP contribution in [0.2, 0.25) is 0 Å². The first-order chi connectivity index (χ1) is 12.7. The fourth-order valence-electron chi connectivity index (χ4n) is 1.84. The lowest BCUT2D eigenvalue weighted by molar-refractivity contribution is -0.274. The summed E-state index contributed by atoms with van der Waals surface area (Å²) in [5.41, 5.74) is 0.0906. The van der Waals surface area contributed by atoms with E-state index in [2.05, 4.69) is 25.2 Å². The van der Waals surface area contributed by atoms with E-state index in [9.17, 15) is 30.7 Å². The van der Waals surface area contributed by atoms with Crippen LogP contribution in [0.3, 0.4) is 0 Å². The summed E-state index contributed by atoms with van der Waals surface area (Å²) in [4.78, 5) is 1.35. The average molecular weight is 411 g/mol. The highest BCUT2D eigenvalue weighted by molar-refractivity contribution is 7.99. The summed E-state index contributed by atoms with van der Waals surface area (Å²) in [6.45, 7) is 0. The number of hydrogen-bond acceptors (Lipinski definition) is 6. The van der Waals surface area contributed by atoms with E-state index in [-0.39, 0.29) is 22.6 Å². The molecule has 0 aliphatic heterocycles. The molecule has 0 saturated carbocycles. The molecule has 0 saturated heterocycles. The third-order valence-electron chi connectivity index (χ3n) is 2.91. The van der Waals surface area contributed by atoms with Crippen LogP contribution in [0.1, 0.15) is 0 Å². The Bertz CT molecular complexity index is 950. The fourth-order valence-corrected chi connectivity index (χ4v) is 2.68. The van der Waals surface area contributed by atoms with Crippen molar-refractivity contribution in [3.05, 3.63) is 47.8 Å². The van der Waals surface area contributed by atoms with Gasteiger partial charge in [-0.25, -0.2) is 8.78 Å². The lowest BCUT2D eigenvalue weighted by Crippen LogP contribution is -2.17. The van der Waals surface area contributed by atoms with Crippen molar-refractivity contribution in [1.29, 1.82) is 0 Å². The van der Waals surface area contributed by atoms with Gasteiger partial charge in [0, 0.05) is 0 Å². The van der Waals surface area contributed by atoms with Crippen molar-refractivity contribution in [2.75, 3.05) is 0 Å². The van der Waals surface area contributed by atoms with Crippen LogP contribution in [0.25, 0.3) is 5.69 Å². The van der Waals surface area contributed by atoms with Crippen LogP contribution in [0, 0.1) is 23.5 Å². The van der Waals surface area contributed by atoms with Crippen LogP contribution < -0.4 is 4.74 Å². The highest BCUT2D eigenvalue weighted by atomic mass is 32.2. The molecule has 27 heavy (non-hydrogen) atoms. The smallest absolute Gasteiger partial charge is 0.406 e. The molecule has 0 unspecified atom stereocenters. The van der Waals surface area contributed by atoms with Gasteiger partial charge in [-0.1, -0.05) is 0 Å². The summed E-state index contributed by atoms with van der Waals surface area (Å²) in [7, 11) is 0. The Kier molecular flexibility index (Phi) is 4.91. The Labute approximate surface area is 149 Å². The minimum atomic E-state index is -4.89. The Morgan fingerprint density at radius 1 is 0.926 bits per heavy atom. The fraction of sp³-hybridized carbons (Fsp3) is 0.0769. The van der Waals surface area contributed by atoms with Crippen LogP contribution in [0.4, 0.5) is 30.7 Å². The predicted molar refractivity (Wildman–Crippen MR) is 74.0 cm³/mol. The average Bonchev–Trinajstić information content (AvgIpc) is 3.04. The Morgan fingerprint density at radius 3 is 2.07 bits per heavy atom. The van der Waals surface area contributed by atoms with Crippen molar-refractivity contribution in [2.45, 2.75) is 16.4 Å². The van der Waals surface area contributed by atoms with Gasteiger partial charge in [-0.05, 0) is 46.5 Å². The van der Waals surface area contributed by atoms with Gasteiger partial charge in [-0.2, -0.15) is 18.4 Å². The number of rotatable bonds is 4. The summed E-state index contributed by atoms with van der Waals surface area (Å²) in [5, 5.41) is 9.93. The molecule has 2 heterocycles. The van der Waals surface area contributed by atoms with Crippen molar-refractivity contribution in [3.63, 3.8) is 0 Å². The van der Waals surface area contributed by atoms with Crippen LogP contribution in [0.5, 0.6) is 5.75 Å². The van der Waals surface area contributed by atoms with Gasteiger partial charge in [0.1, 0.15) is 5.75 Å². The highest BCUT2D eigenvalue weighted by Gasteiger charge is 2.31. The molecule has 0 fully saturated rings. The molecular formula is C13H4F7N5OS. The van der Waals surface area contributed by atoms with Crippen molar-refractivity contribution in [1.82, 2.24) is 25.2 Å². The molecular weight excluding hydrogens is 407 g/mol. The van der Waals surface area contributed by atoms with E-state index in [0.717, 1.165) is 28.9 Å². The molecule has 0 N–H and O–H groups in total. The monoisotopic (exact) mass is 411 g/mol. The normalized spacial score (nSPS) is 11.7. The zero-order chi connectivity index (χ0) is 19.8. The minimum Gasteiger partial charge on any atom is -0.406 e. The second-order valence-corrected chi connectivity index (χ2v) is 5.65. The quantitative estimate of drug-likeness (QED) is 0.482. The second-order valence-electron chi connectivity index (χ2n) is 4.67. The molecule has 14 heteroatoms. The van der Waals surface area contributed by atoms with E-state index in [1.807, 2.05) is 0 Å². The largest absolute Gasteiger partial charge is 0.573 e. The Morgan fingerprint density at radius 2 is 1.52 bits per heavy atom. The van der Waals surface area contributed by atoms with E-state index in [1.165, 1.54) is 0 Å². The first-order valence-corrected chi connectivity index (χ1v) is 7.50. The summed E-state index contributed by atoms with van der Waals surface area (Å²) >= 11 is 0.157. The molecule has 142 valence electrons. The zero-order valence-corrected chi connectivity index (χ0v) is 13.3. The van der Waals surface area contributed by atoms with Gasteiger partial charge in [-0.15, -0.1) is 18.3 Å². The molecule has 0 aliphatic carbocycles. The predicted octanol–water partition coefficient (Wildman–Crippen LogP) is 3.66. The molecule has 0 bridgehead atoms. The third-order valence-corrected chi connectivity index (χ3v) is 3.91. The molecule has 2 aromatic heterocycles. The number of nitrogens with zero attached hydrogens (tertiary/aromatic N) is 5. The van der Waals surface area contributed by atoms with Crippen molar-refractivity contribution >= 4 is 11.8 Å². The molecule has 0 atom stereocenters. The standard InChI is InChI=1S/C13H4F7N5OS/c14-7-9(8(15)11(17)21-10(7)16)27-12-22-23-24-25(12)5-1-3-6(4-2-5)26-13(18,19)20/h1-4H. The zero-order valence-electron chi connectivity index (χ0n) is 12.5. The number of benzene rings is 1. The Balaban J connectivity index is 1.92. The first-order valence-electron chi connectivity index (χ1n) is 6.68. The van der Waals surface area contributed by atoms with Crippen LogP contribution in [0.15, 0.2) is 34.3 Å². The van der Waals surface area contributed by atoms with E-state index < -0.39 is 40.5 Å². The van der Waals surface area contributed by atoms with Crippen molar-refractivity contribution < 1.29 is 35.5 Å². The van der Waals surface area contributed by atoms with E-state index >= 15 is 0 Å². The van der Waals surface area contributed by atoms with Gasteiger partial charge < -0.3 is 4.74 Å². The van der Waals surface area contributed by atoms with Gasteiger partial charge in [-0.3, -0.25) is 0 Å². The minimum absolute atomic E-state index is 0.0906. The van der Waals surface area contributed by atoms with Gasteiger partial charge in [0.05, 0.1) is 10.6 Å². The number of ether oxygens (including phenoxy) is 1. The number of alkyl halides is 3. The molecule has 1 aromatic carbocycles. The summed E-state index contributed by atoms with van der Waals surface area (Å²) in [6, 6.07) is 4.15. The summed E-state index contributed by atoms with van der Waals surface area (Å²) < 4.78 is 94.9. The number of halogens is 7. The number of hydrogen-bond donors (Lipinski definition) is 0. The molecule has 0 amide bonds. The second kappa shape index (κ2) is 7.02. The van der Waals surface area contributed by atoms with Gasteiger partial charge >= 0.3 is 6.36 Å². The third kappa shape index (κ3) is 4.10. The Hall–Kier alpha value is -2.90. The number of tetrazole rings is 1. The van der Waals surface area contributed by atoms with E-state index in [1.54, 1.807) is 0 Å². The van der Waals surface area contributed by atoms with Gasteiger partial charge in [0.25, 0.3) is 11.9 Å². The molecule has 3 aromatic rings. The molecule has 0 radical (unpaired) electrons. The molecule has 3 rings (SSSR count). The molecule has 0 aliphatic rings. The van der Waals surface area contributed by atoms with Gasteiger partial charge in [0.15, 0.2) is 11.6 Å². The lowest BCUT2D eigenvalue weighted by atomic mass is 10.3. The van der Waals surface area contributed by atoms with Crippen LogP contribution in [-0.2, 0) is 0 Å². The lowest BCUT2D eigenvalue weighted by Gasteiger charge is -2.10. The van der Waals surface area contributed by atoms with E-state index in [4.69, 9.17) is 0 Å². The van der Waals surface area contributed by atoms with Crippen LogP contribution >= 0.6 is 11.8 Å². The summed E-state index contributed by atoms with van der Waals surface area (Å²) in [6.07, 6.45) is -4.89. The van der Waals surface area contributed by atoms with Crippen LogP contribution in [-0.4, -0.2) is 31.6 Å². The SMILES string of the molecule is Fc1nc(F)c(F)c(Sc2nnnn2-c2ccc(OC(F)(F)F)cc2)c1F. The maximum atomic E-state index is 13.7. The molecule has 6 nitrogen and oxygen atoms in total. The molecule has 0 spiro atoms. The highest BCUT2D eigenvalue weighted by Crippen LogP contribution is 2.33. The van der Waals surface area contributed by atoms with Gasteiger partial charge in [0.2, 0.25) is 5.16 Å². The van der Waals surface area contributed by atoms with Crippen molar-refractivity contribution in [2.24, 2.45) is 0 Å².